The Hall–Kier alpha value is -1.67. The molecule has 2 nitrogen and oxygen atoms in total. The predicted molar refractivity (Wildman–Crippen MR) is 89.1 cm³/mol. The lowest BCUT2D eigenvalue weighted by molar-refractivity contribution is 1.07. The first kappa shape index (κ1) is 14.7. The molecule has 0 aliphatic rings. The summed E-state index contributed by atoms with van der Waals surface area (Å²) >= 11 is 6.11. The molecule has 0 spiro atoms. The van der Waals surface area contributed by atoms with Gasteiger partial charge in [-0.2, -0.15) is 0 Å². The van der Waals surface area contributed by atoms with Crippen molar-refractivity contribution in [3.05, 3.63) is 58.1 Å². The van der Waals surface area contributed by atoms with Crippen molar-refractivity contribution in [1.82, 2.24) is 0 Å². The van der Waals surface area contributed by atoms with Gasteiger partial charge in [0.2, 0.25) is 0 Å². The maximum atomic E-state index is 6.11. The summed E-state index contributed by atoms with van der Waals surface area (Å²) < 4.78 is 0. The molecule has 20 heavy (non-hydrogen) atoms. The van der Waals surface area contributed by atoms with E-state index in [1.54, 1.807) is 0 Å². The molecule has 0 aliphatic carbocycles. The predicted octanol–water partition coefficient (Wildman–Crippen LogP) is 4.79. The molecular formula is C17H21ClN2. The van der Waals surface area contributed by atoms with Crippen LogP contribution in [0, 0.1) is 20.8 Å². The zero-order valence-electron chi connectivity index (χ0n) is 12.3. The quantitative estimate of drug-likeness (QED) is 0.773. The fraction of sp³-hybridized carbons (Fsp3) is 0.294. The smallest absolute Gasteiger partial charge is 0.0455 e. The van der Waals surface area contributed by atoms with Gasteiger partial charge in [-0.3, -0.25) is 0 Å². The van der Waals surface area contributed by atoms with E-state index in [0.29, 0.717) is 0 Å². The first-order chi connectivity index (χ1) is 9.58. The second-order valence-electron chi connectivity index (χ2n) is 5.06. The number of nitrogens with one attached hydrogen (secondary N) is 2. The number of hydrogen-bond donors (Lipinski definition) is 2. The van der Waals surface area contributed by atoms with Crippen LogP contribution in [0.25, 0.3) is 0 Å². The molecule has 0 bridgehead atoms. The molecule has 2 rings (SSSR count). The first-order valence-corrected chi connectivity index (χ1v) is 7.26. The van der Waals surface area contributed by atoms with Crippen LogP contribution in [0.4, 0.5) is 11.4 Å². The van der Waals surface area contributed by atoms with Gasteiger partial charge < -0.3 is 10.6 Å². The van der Waals surface area contributed by atoms with E-state index in [-0.39, 0.29) is 0 Å². The molecule has 2 N–H and O–H groups in total. The molecule has 0 aromatic heterocycles. The monoisotopic (exact) mass is 288 g/mol. The Morgan fingerprint density at radius 2 is 1.65 bits per heavy atom. The largest absolute Gasteiger partial charge is 0.383 e. The SMILES string of the molecule is Cc1ccc(NCCNc2cccc(C)c2C)cc1Cl. The van der Waals surface area contributed by atoms with Crippen molar-refractivity contribution in [1.29, 1.82) is 0 Å². The average molecular weight is 289 g/mol. The van der Waals surface area contributed by atoms with Crippen LogP contribution in [-0.2, 0) is 0 Å². The number of benzene rings is 2. The zero-order chi connectivity index (χ0) is 14.5. The van der Waals surface area contributed by atoms with E-state index in [2.05, 4.69) is 48.7 Å². The molecule has 0 saturated heterocycles. The van der Waals surface area contributed by atoms with Gasteiger partial charge in [-0.1, -0.05) is 29.8 Å². The summed E-state index contributed by atoms with van der Waals surface area (Å²) in [5.74, 6) is 0. The lowest BCUT2D eigenvalue weighted by Crippen LogP contribution is -2.14. The summed E-state index contributed by atoms with van der Waals surface area (Å²) in [4.78, 5) is 0. The molecule has 106 valence electrons. The van der Waals surface area contributed by atoms with Crippen molar-refractivity contribution in [2.45, 2.75) is 20.8 Å². The third-order valence-corrected chi connectivity index (χ3v) is 3.95. The Balaban J connectivity index is 1.84. The summed E-state index contributed by atoms with van der Waals surface area (Å²) in [5.41, 5.74) is 5.99. The van der Waals surface area contributed by atoms with Crippen LogP contribution in [0.5, 0.6) is 0 Å². The Bertz CT molecular complexity index is 594. The Morgan fingerprint density at radius 1 is 0.900 bits per heavy atom. The highest BCUT2D eigenvalue weighted by Gasteiger charge is 2.00. The van der Waals surface area contributed by atoms with Crippen LogP contribution in [0.15, 0.2) is 36.4 Å². The molecule has 0 radical (unpaired) electrons. The minimum atomic E-state index is 0.803. The number of aryl methyl sites for hydroxylation is 2. The third-order valence-electron chi connectivity index (χ3n) is 3.55. The van der Waals surface area contributed by atoms with Gasteiger partial charge in [0.15, 0.2) is 0 Å². The summed E-state index contributed by atoms with van der Waals surface area (Å²) in [5, 5.41) is 7.63. The standard InChI is InChI=1S/C17H21ClN2/c1-12-5-4-6-17(14(12)3)20-10-9-19-15-8-7-13(2)16(18)11-15/h4-8,11,19-20H,9-10H2,1-3H3. The lowest BCUT2D eigenvalue weighted by atomic mass is 10.1. The highest BCUT2D eigenvalue weighted by molar-refractivity contribution is 6.31. The van der Waals surface area contributed by atoms with E-state index < -0.39 is 0 Å². The van der Waals surface area contributed by atoms with E-state index in [1.807, 2.05) is 19.1 Å². The van der Waals surface area contributed by atoms with Crippen LogP contribution in [0.3, 0.4) is 0 Å². The van der Waals surface area contributed by atoms with Crippen LogP contribution in [0.2, 0.25) is 5.02 Å². The number of anilines is 2. The van der Waals surface area contributed by atoms with E-state index in [4.69, 9.17) is 11.6 Å². The normalized spacial score (nSPS) is 10.4. The summed E-state index contributed by atoms with van der Waals surface area (Å²) in [6.07, 6.45) is 0. The summed E-state index contributed by atoms with van der Waals surface area (Å²) in [6.45, 7) is 8.01. The fourth-order valence-corrected chi connectivity index (χ4v) is 2.23. The minimum Gasteiger partial charge on any atom is -0.383 e. The van der Waals surface area contributed by atoms with E-state index in [0.717, 1.165) is 29.4 Å². The van der Waals surface area contributed by atoms with Gasteiger partial charge in [0.25, 0.3) is 0 Å². The maximum absolute atomic E-state index is 6.11. The second-order valence-corrected chi connectivity index (χ2v) is 5.47. The van der Waals surface area contributed by atoms with Gasteiger partial charge in [-0.25, -0.2) is 0 Å². The second kappa shape index (κ2) is 6.67. The van der Waals surface area contributed by atoms with Crippen LogP contribution >= 0.6 is 11.6 Å². The molecule has 2 aromatic rings. The van der Waals surface area contributed by atoms with E-state index in [1.165, 1.54) is 16.8 Å². The molecule has 0 fully saturated rings. The molecule has 0 atom stereocenters. The lowest BCUT2D eigenvalue weighted by Gasteiger charge is -2.12. The van der Waals surface area contributed by atoms with Crippen molar-refractivity contribution < 1.29 is 0 Å². The molecule has 0 saturated carbocycles. The molecule has 0 amide bonds. The number of halogens is 1. The minimum absolute atomic E-state index is 0.803. The molecule has 3 heteroatoms. The van der Waals surface area contributed by atoms with Gasteiger partial charge in [-0.05, 0) is 55.7 Å². The molecular weight excluding hydrogens is 268 g/mol. The van der Waals surface area contributed by atoms with Crippen LogP contribution in [-0.4, -0.2) is 13.1 Å². The van der Waals surface area contributed by atoms with Crippen molar-refractivity contribution >= 4 is 23.0 Å². The molecule has 0 aliphatic heterocycles. The molecule has 0 heterocycles. The van der Waals surface area contributed by atoms with Gasteiger partial charge in [0.1, 0.15) is 0 Å². The van der Waals surface area contributed by atoms with Crippen molar-refractivity contribution in [3.8, 4) is 0 Å². The van der Waals surface area contributed by atoms with Gasteiger partial charge in [0.05, 0.1) is 0 Å². The molecule has 0 unspecified atom stereocenters. The molecule has 2 aromatic carbocycles. The maximum Gasteiger partial charge on any atom is 0.0455 e. The summed E-state index contributed by atoms with van der Waals surface area (Å²) in [6, 6.07) is 12.4. The van der Waals surface area contributed by atoms with E-state index >= 15 is 0 Å². The van der Waals surface area contributed by atoms with Crippen LogP contribution < -0.4 is 10.6 Å². The Morgan fingerprint density at radius 3 is 2.40 bits per heavy atom. The topological polar surface area (TPSA) is 24.1 Å². The number of hydrogen-bond acceptors (Lipinski definition) is 2. The zero-order valence-corrected chi connectivity index (χ0v) is 13.0. The Labute approximate surface area is 126 Å². The third kappa shape index (κ3) is 3.67. The summed E-state index contributed by atoms with van der Waals surface area (Å²) in [7, 11) is 0. The van der Waals surface area contributed by atoms with Crippen molar-refractivity contribution in [2.24, 2.45) is 0 Å². The van der Waals surface area contributed by atoms with Crippen molar-refractivity contribution in [3.63, 3.8) is 0 Å². The first-order valence-electron chi connectivity index (χ1n) is 6.88. The van der Waals surface area contributed by atoms with E-state index in [9.17, 15) is 0 Å². The fourth-order valence-electron chi connectivity index (χ4n) is 2.05. The highest BCUT2D eigenvalue weighted by atomic mass is 35.5. The highest BCUT2D eigenvalue weighted by Crippen LogP contribution is 2.20. The number of rotatable bonds is 5. The van der Waals surface area contributed by atoms with Crippen LogP contribution in [0.1, 0.15) is 16.7 Å². The van der Waals surface area contributed by atoms with Gasteiger partial charge >= 0.3 is 0 Å². The Kier molecular flexibility index (Phi) is 4.91. The van der Waals surface area contributed by atoms with Gasteiger partial charge in [0, 0.05) is 29.5 Å². The van der Waals surface area contributed by atoms with Gasteiger partial charge in [-0.15, -0.1) is 0 Å². The van der Waals surface area contributed by atoms with Crippen molar-refractivity contribution in [2.75, 3.05) is 23.7 Å². The average Bonchev–Trinajstić information content (AvgIpc) is 2.43.